The highest BCUT2D eigenvalue weighted by Gasteiger charge is 2.35. The molecule has 0 saturated carbocycles. The molecule has 5 nitrogen and oxygen atoms in total. The van der Waals surface area contributed by atoms with E-state index in [-0.39, 0.29) is 11.9 Å². The zero-order chi connectivity index (χ0) is 15.0. The van der Waals surface area contributed by atoms with E-state index in [1.807, 2.05) is 10.3 Å². The molecule has 0 N–H and O–H groups in total. The van der Waals surface area contributed by atoms with Gasteiger partial charge >= 0.3 is 0 Å². The van der Waals surface area contributed by atoms with E-state index in [4.69, 9.17) is 4.74 Å². The van der Waals surface area contributed by atoms with Gasteiger partial charge < -0.3 is 14.5 Å². The molecule has 3 heterocycles. The predicted molar refractivity (Wildman–Crippen MR) is 82.8 cm³/mol. The number of rotatable bonds is 2. The minimum Gasteiger partial charge on any atom is -0.379 e. The summed E-state index contributed by atoms with van der Waals surface area (Å²) in [4.78, 5) is 21.7. The van der Waals surface area contributed by atoms with Crippen molar-refractivity contribution in [2.24, 2.45) is 5.92 Å². The Bertz CT molecular complexity index is 517. The van der Waals surface area contributed by atoms with Crippen molar-refractivity contribution in [2.75, 3.05) is 39.9 Å². The smallest absolute Gasteiger partial charge is 0.273 e. The van der Waals surface area contributed by atoms with Gasteiger partial charge in [-0.3, -0.25) is 4.79 Å². The molecule has 2 fully saturated rings. The van der Waals surface area contributed by atoms with E-state index in [1.165, 1.54) is 0 Å². The fraction of sp³-hybridized carbons (Fsp3) is 0.733. The van der Waals surface area contributed by atoms with E-state index in [0.717, 1.165) is 31.2 Å². The van der Waals surface area contributed by atoms with Crippen LogP contribution in [0.1, 0.15) is 35.3 Å². The van der Waals surface area contributed by atoms with Crippen LogP contribution in [0, 0.1) is 5.92 Å². The molecule has 1 amide bonds. The van der Waals surface area contributed by atoms with Crippen molar-refractivity contribution in [1.29, 1.82) is 0 Å². The number of carbonyl (C=O) groups is 1. The van der Waals surface area contributed by atoms with Crippen molar-refractivity contribution in [2.45, 2.75) is 25.8 Å². The summed E-state index contributed by atoms with van der Waals surface area (Å²) in [5.41, 5.74) is 0.596. The lowest BCUT2D eigenvalue weighted by Crippen LogP contribution is -2.46. The second-order valence-corrected chi connectivity index (χ2v) is 7.35. The average Bonchev–Trinajstić information content (AvgIpc) is 2.76. The van der Waals surface area contributed by atoms with Crippen LogP contribution in [-0.2, 0) is 4.74 Å². The summed E-state index contributed by atoms with van der Waals surface area (Å²) >= 11 is 1.58. The molecule has 2 atom stereocenters. The zero-order valence-electron chi connectivity index (χ0n) is 12.9. The molecule has 0 aliphatic carbocycles. The Morgan fingerprint density at radius 3 is 2.90 bits per heavy atom. The third-order valence-corrected chi connectivity index (χ3v) is 5.29. The lowest BCUT2D eigenvalue weighted by molar-refractivity contribution is 0.0480. The van der Waals surface area contributed by atoms with Gasteiger partial charge in [-0.2, -0.15) is 0 Å². The van der Waals surface area contributed by atoms with Gasteiger partial charge in [0.15, 0.2) is 0 Å². The Labute approximate surface area is 129 Å². The van der Waals surface area contributed by atoms with Crippen LogP contribution in [-0.4, -0.2) is 66.6 Å². The summed E-state index contributed by atoms with van der Waals surface area (Å²) in [5.74, 6) is 0.831. The molecule has 1 aromatic rings. The fourth-order valence-electron chi connectivity index (χ4n) is 3.12. The summed E-state index contributed by atoms with van der Waals surface area (Å²) in [6, 6.07) is 0.138. The molecule has 2 aliphatic heterocycles. The third-order valence-electron chi connectivity index (χ3n) is 4.15. The molecule has 3 rings (SSSR count). The van der Waals surface area contributed by atoms with Gasteiger partial charge in [0.25, 0.3) is 5.91 Å². The number of thiazole rings is 1. The fourth-order valence-corrected chi connectivity index (χ4v) is 3.93. The van der Waals surface area contributed by atoms with E-state index in [0.29, 0.717) is 24.1 Å². The maximum atomic E-state index is 12.8. The molecule has 0 unspecified atom stereocenters. The molecular formula is C15H23N3O2S. The van der Waals surface area contributed by atoms with E-state index >= 15 is 0 Å². The van der Waals surface area contributed by atoms with Gasteiger partial charge in [-0.25, -0.2) is 4.98 Å². The first kappa shape index (κ1) is 14.9. The first-order valence-corrected chi connectivity index (χ1v) is 8.45. The maximum absolute atomic E-state index is 12.8. The monoisotopic (exact) mass is 309 g/mol. The van der Waals surface area contributed by atoms with Crippen LogP contribution in [0.5, 0.6) is 0 Å². The quantitative estimate of drug-likeness (QED) is 0.834. The summed E-state index contributed by atoms with van der Waals surface area (Å²) in [5, 5.41) is 2.93. The highest BCUT2D eigenvalue weighted by atomic mass is 32.1. The SMILES string of the molecule is CC(C)c1nc(C(=O)N2C[C@H]3COC[C@@H]2CN(C)C3)cs1. The predicted octanol–water partition coefficient (Wildman–Crippen LogP) is 1.67. The average molecular weight is 309 g/mol. The zero-order valence-corrected chi connectivity index (χ0v) is 13.7. The van der Waals surface area contributed by atoms with Gasteiger partial charge in [0, 0.05) is 36.9 Å². The van der Waals surface area contributed by atoms with Crippen molar-refractivity contribution in [3.05, 3.63) is 16.1 Å². The van der Waals surface area contributed by atoms with Crippen LogP contribution in [0.25, 0.3) is 0 Å². The number of ether oxygens (including phenoxy) is 1. The minimum absolute atomic E-state index is 0.0638. The largest absolute Gasteiger partial charge is 0.379 e. The standard InChI is InChI=1S/C15H23N3O2S/c1-10(2)14-16-13(9-21-14)15(19)18-5-11-4-17(3)6-12(18)8-20-7-11/h9-12H,4-8H2,1-3H3/t11-,12-/m0/s1. The molecule has 0 aromatic carbocycles. The van der Waals surface area contributed by atoms with Crippen molar-refractivity contribution in [3.63, 3.8) is 0 Å². The number of aromatic nitrogens is 1. The second-order valence-electron chi connectivity index (χ2n) is 6.46. The molecular weight excluding hydrogens is 286 g/mol. The number of carbonyl (C=O) groups excluding carboxylic acids is 1. The molecule has 116 valence electrons. The number of hydrogen-bond donors (Lipinski definition) is 0. The molecule has 21 heavy (non-hydrogen) atoms. The number of fused-ring (bicyclic) bond motifs is 3. The lowest BCUT2D eigenvalue weighted by atomic mass is 10.1. The highest BCUT2D eigenvalue weighted by molar-refractivity contribution is 7.09. The molecule has 2 saturated heterocycles. The number of likely N-dealkylation sites (N-methyl/N-ethyl adjacent to an activating group) is 1. The van der Waals surface area contributed by atoms with Crippen molar-refractivity contribution >= 4 is 17.2 Å². The number of nitrogens with zero attached hydrogens (tertiary/aromatic N) is 3. The van der Waals surface area contributed by atoms with Gasteiger partial charge in [-0.05, 0) is 7.05 Å². The molecule has 2 aliphatic rings. The van der Waals surface area contributed by atoms with Crippen LogP contribution in [0.2, 0.25) is 0 Å². The Morgan fingerprint density at radius 2 is 2.19 bits per heavy atom. The van der Waals surface area contributed by atoms with Gasteiger partial charge in [0.1, 0.15) is 5.69 Å². The molecule has 6 heteroatoms. The Balaban J connectivity index is 1.82. The van der Waals surface area contributed by atoms with Gasteiger partial charge in [-0.15, -0.1) is 11.3 Å². The third kappa shape index (κ3) is 3.12. The van der Waals surface area contributed by atoms with Gasteiger partial charge in [0.05, 0.1) is 24.3 Å². The van der Waals surface area contributed by atoms with Crippen molar-refractivity contribution in [1.82, 2.24) is 14.8 Å². The molecule has 1 aromatic heterocycles. The first-order valence-electron chi connectivity index (χ1n) is 7.57. The van der Waals surface area contributed by atoms with Crippen LogP contribution >= 0.6 is 11.3 Å². The summed E-state index contributed by atoms with van der Waals surface area (Å²) in [6.07, 6.45) is 0. The maximum Gasteiger partial charge on any atom is 0.273 e. The number of amides is 1. The van der Waals surface area contributed by atoms with Crippen LogP contribution in [0.15, 0.2) is 5.38 Å². The van der Waals surface area contributed by atoms with Crippen LogP contribution in [0.3, 0.4) is 0 Å². The highest BCUT2D eigenvalue weighted by Crippen LogP contribution is 2.24. The van der Waals surface area contributed by atoms with Crippen LogP contribution in [0.4, 0.5) is 0 Å². The van der Waals surface area contributed by atoms with E-state index < -0.39 is 0 Å². The summed E-state index contributed by atoms with van der Waals surface area (Å²) in [6.45, 7) is 8.25. The lowest BCUT2D eigenvalue weighted by Gasteiger charge is -2.29. The number of hydrogen-bond acceptors (Lipinski definition) is 5. The van der Waals surface area contributed by atoms with E-state index in [1.54, 1.807) is 11.3 Å². The van der Waals surface area contributed by atoms with E-state index in [9.17, 15) is 4.79 Å². The van der Waals surface area contributed by atoms with Crippen molar-refractivity contribution < 1.29 is 9.53 Å². The Morgan fingerprint density at radius 1 is 1.38 bits per heavy atom. The van der Waals surface area contributed by atoms with Gasteiger partial charge in [0.2, 0.25) is 0 Å². The van der Waals surface area contributed by atoms with Crippen LogP contribution < -0.4 is 0 Å². The minimum atomic E-state index is 0.0638. The molecule has 2 bridgehead atoms. The topological polar surface area (TPSA) is 45.7 Å². The summed E-state index contributed by atoms with van der Waals surface area (Å²) in [7, 11) is 2.12. The van der Waals surface area contributed by atoms with Crippen molar-refractivity contribution in [3.8, 4) is 0 Å². The first-order chi connectivity index (χ1) is 10.0. The van der Waals surface area contributed by atoms with Gasteiger partial charge in [-0.1, -0.05) is 13.8 Å². The second kappa shape index (κ2) is 6.02. The molecule has 0 spiro atoms. The Kier molecular flexibility index (Phi) is 4.28. The molecule has 0 radical (unpaired) electrons. The normalized spacial score (nSPS) is 27.0. The Hall–Kier alpha value is -0.980. The summed E-state index contributed by atoms with van der Waals surface area (Å²) < 4.78 is 5.73. The van der Waals surface area contributed by atoms with E-state index in [2.05, 4.69) is 30.8 Å².